The van der Waals surface area contributed by atoms with Crippen LogP contribution in [-0.2, 0) is 14.2 Å². The summed E-state index contributed by atoms with van der Waals surface area (Å²) in [7, 11) is -3.21. The van der Waals surface area contributed by atoms with E-state index in [9.17, 15) is 46.3 Å². The molecule has 1 aromatic heterocycles. The number of thiophene rings is 1. The SMILES string of the molecule is CN(C1CC(C(F)(F)F)C1)[C@H]1CCC(NC(=O)c2cc3cc([C@H](F)P(=O)(O)O)ccc3s2)C(=O)N2[C@H](CC[C@H]2C(=O)N2C[C@H](c3ccccc3)CC23CC3)C1. The van der Waals surface area contributed by atoms with Crippen molar-refractivity contribution in [1.82, 2.24) is 20.0 Å². The van der Waals surface area contributed by atoms with Crippen LogP contribution in [0.15, 0.2) is 54.6 Å². The number of hydrogen-bond acceptors (Lipinski definition) is 6. The second-order valence-electron chi connectivity index (χ2n) is 16.3. The van der Waals surface area contributed by atoms with Gasteiger partial charge in [0.2, 0.25) is 17.7 Å². The number of nitrogens with zero attached hydrogens (tertiary/aromatic N) is 3. The topological polar surface area (TPSA) is 130 Å². The van der Waals surface area contributed by atoms with Gasteiger partial charge in [0, 0.05) is 40.8 Å². The smallest absolute Gasteiger partial charge is 0.340 e. The van der Waals surface area contributed by atoms with Crippen LogP contribution in [0.25, 0.3) is 10.1 Å². The Morgan fingerprint density at radius 1 is 1.00 bits per heavy atom. The van der Waals surface area contributed by atoms with Gasteiger partial charge in [-0.05, 0) is 106 Å². The van der Waals surface area contributed by atoms with Gasteiger partial charge in [0.05, 0.1) is 10.8 Å². The van der Waals surface area contributed by atoms with Gasteiger partial charge in [-0.3, -0.25) is 18.9 Å². The maximum atomic E-state index is 14.6. The van der Waals surface area contributed by atoms with Gasteiger partial charge in [0.1, 0.15) is 12.1 Å². The Kier molecular flexibility index (Phi) is 9.96. The van der Waals surface area contributed by atoms with Gasteiger partial charge in [0.25, 0.3) is 5.91 Å². The average Bonchev–Trinajstić information content (AvgIpc) is 3.41. The molecule has 2 saturated carbocycles. The number of carbonyl (C=O) groups excluding carboxylic acids is 3. The molecule has 2 aromatic carbocycles. The van der Waals surface area contributed by atoms with E-state index in [0.29, 0.717) is 42.3 Å². The molecule has 4 heterocycles. The maximum absolute atomic E-state index is 14.6. The molecule has 8 rings (SSSR count). The highest BCUT2D eigenvalue weighted by molar-refractivity contribution is 7.51. The predicted molar refractivity (Wildman–Crippen MR) is 198 cm³/mol. The van der Waals surface area contributed by atoms with E-state index < -0.39 is 43.6 Å². The Labute approximate surface area is 320 Å². The molecule has 3 N–H and O–H groups in total. The molecule has 5 fully saturated rings. The van der Waals surface area contributed by atoms with Crippen molar-refractivity contribution in [3.8, 4) is 0 Å². The molecule has 1 spiro atoms. The van der Waals surface area contributed by atoms with Gasteiger partial charge >= 0.3 is 13.8 Å². The zero-order valence-electron chi connectivity index (χ0n) is 30.3. The molecule has 0 radical (unpaired) electrons. The molecule has 3 saturated heterocycles. The van der Waals surface area contributed by atoms with Crippen LogP contribution in [0.5, 0.6) is 0 Å². The number of benzene rings is 2. The summed E-state index contributed by atoms with van der Waals surface area (Å²) in [5.74, 6) is -4.68. The third-order valence-corrected chi connectivity index (χ3v) is 15.0. The highest BCUT2D eigenvalue weighted by Crippen LogP contribution is 2.55. The van der Waals surface area contributed by atoms with Crippen LogP contribution < -0.4 is 5.32 Å². The predicted octanol–water partition coefficient (Wildman–Crippen LogP) is 6.88. The molecule has 55 heavy (non-hydrogen) atoms. The molecule has 16 heteroatoms. The van der Waals surface area contributed by atoms with Crippen LogP contribution in [-0.4, -0.2) is 97.7 Å². The zero-order valence-corrected chi connectivity index (χ0v) is 32.0. The Morgan fingerprint density at radius 2 is 1.73 bits per heavy atom. The van der Waals surface area contributed by atoms with Crippen LogP contribution in [0.3, 0.4) is 0 Å². The fourth-order valence-corrected chi connectivity index (χ4v) is 11.1. The van der Waals surface area contributed by atoms with E-state index >= 15 is 0 Å². The lowest BCUT2D eigenvalue weighted by molar-refractivity contribution is -0.207. The fraction of sp³-hybridized carbons (Fsp3) is 0.564. The lowest BCUT2D eigenvalue weighted by Crippen LogP contribution is -2.60. The van der Waals surface area contributed by atoms with Gasteiger partial charge < -0.3 is 29.8 Å². The summed E-state index contributed by atoms with van der Waals surface area (Å²) in [6, 6.07) is 13.1. The van der Waals surface area contributed by atoms with Gasteiger partial charge in [-0.15, -0.1) is 11.3 Å². The lowest BCUT2D eigenvalue weighted by atomic mass is 9.77. The molecule has 296 valence electrons. The highest BCUT2D eigenvalue weighted by Gasteiger charge is 2.59. The van der Waals surface area contributed by atoms with Gasteiger partial charge in [-0.2, -0.15) is 13.2 Å². The minimum Gasteiger partial charge on any atom is -0.340 e. The van der Waals surface area contributed by atoms with Crippen LogP contribution >= 0.6 is 18.9 Å². The summed E-state index contributed by atoms with van der Waals surface area (Å²) in [5.41, 5.74) is 0.726. The van der Waals surface area contributed by atoms with Crippen molar-refractivity contribution in [2.75, 3.05) is 13.6 Å². The van der Waals surface area contributed by atoms with Crippen LogP contribution in [0.2, 0.25) is 0 Å². The number of likely N-dealkylation sites (tertiary alicyclic amines) is 1. The van der Waals surface area contributed by atoms with Crippen LogP contribution in [0.1, 0.15) is 96.8 Å². The molecular weight excluding hydrogens is 759 g/mol. The molecule has 3 aromatic rings. The maximum Gasteiger partial charge on any atom is 0.391 e. The Balaban J connectivity index is 1.05. The first-order valence-corrected chi connectivity index (χ1v) is 21.5. The van der Waals surface area contributed by atoms with Crippen molar-refractivity contribution in [2.24, 2.45) is 5.92 Å². The zero-order chi connectivity index (χ0) is 39.0. The molecule has 5 aliphatic rings. The number of alkyl halides is 4. The third-order valence-electron chi connectivity index (χ3n) is 13.0. The van der Waals surface area contributed by atoms with E-state index in [2.05, 4.69) is 17.4 Å². The van der Waals surface area contributed by atoms with E-state index in [1.165, 1.54) is 29.8 Å². The molecule has 0 bridgehead atoms. The standard InChI is InChI=1S/C39H45F4N4O6PS/c1-45(29-17-26(18-29)39(41,42)43)27-8-10-30(44-35(48)33-16-24-15-23(7-12-32(24)55-33)34(40)54(51,52)53)36(49)47-28(19-27)9-11-31(47)37(50)46-21-25(20-38(46)13-14-38)22-5-3-2-4-6-22/h2-7,12,15-16,25-31,34H,8-11,13-14,17-21H2,1H3,(H,44,48)(H2,51,52,53)/t25-,26?,27+,28-,29?,30?,31+,34-/m1/s1. The number of fused-ring (bicyclic) bond motifs is 2. The van der Waals surface area contributed by atoms with Crippen molar-refractivity contribution in [2.45, 2.75) is 118 Å². The van der Waals surface area contributed by atoms with Crippen LogP contribution in [0, 0.1) is 5.92 Å². The summed E-state index contributed by atoms with van der Waals surface area (Å²) in [6.07, 6.45) is 0.640. The molecule has 3 amide bonds. The Bertz CT molecular complexity index is 2020. The van der Waals surface area contributed by atoms with Gasteiger partial charge in [-0.1, -0.05) is 36.4 Å². The molecule has 3 aliphatic heterocycles. The van der Waals surface area contributed by atoms with Crippen LogP contribution in [0.4, 0.5) is 17.6 Å². The van der Waals surface area contributed by atoms with Crippen molar-refractivity contribution in [1.29, 1.82) is 0 Å². The molecule has 2 aliphatic carbocycles. The Morgan fingerprint density at radius 3 is 2.40 bits per heavy atom. The van der Waals surface area contributed by atoms with Gasteiger partial charge in [0.15, 0.2) is 0 Å². The van der Waals surface area contributed by atoms with Crippen molar-refractivity contribution >= 4 is 46.7 Å². The first kappa shape index (κ1) is 38.5. The number of carbonyl (C=O) groups is 3. The summed E-state index contributed by atoms with van der Waals surface area (Å²) >= 11 is 1.09. The van der Waals surface area contributed by atoms with E-state index in [-0.39, 0.29) is 71.1 Å². The molecule has 6 atom stereocenters. The Hall–Kier alpha value is -3.36. The quantitative estimate of drug-likeness (QED) is 0.167. The number of rotatable bonds is 8. The minimum absolute atomic E-state index is 0.00960. The third kappa shape index (κ3) is 7.35. The summed E-state index contributed by atoms with van der Waals surface area (Å²) in [6.45, 7) is 0.560. The van der Waals surface area contributed by atoms with Crippen molar-refractivity contribution in [3.63, 3.8) is 0 Å². The van der Waals surface area contributed by atoms with E-state index in [1.54, 1.807) is 4.90 Å². The second-order valence-corrected chi connectivity index (χ2v) is 19.0. The van der Waals surface area contributed by atoms with Gasteiger partial charge in [-0.25, -0.2) is 4.39 Å². The molecular formula is C39H45F4N4O6PS. The van der Waals surface area contributed by atoms with E-state index in [0.717, 1.165) is 30.6 Å². The molecule has 10 nitrogen and oxygen atoms in total. The average molecular weight is 805 g/mol. The minimum atomic E-state index is -5.05. The summed E-state index contributed by atoms with van der Waals surface area (Å²) in [5, 5.41) is 3.32. The fourth-order valence-electron chi connectivity index (χ4n) is 9.64. The largest absolute Gasteiger partial charge is 0.391 e. The van der Waals surface area contributed by atoms with E-state index in [4.69, 9.17) is 0 Å². The number of hydrogen-bond donors (Lipinski definition) is 3. The van der Waals surface area contributed by atoms with Crippen molar-refractivity contribution in [3.05, 3.63) is 70.6 Å². The number of nitrogens with one attached hydrogen (secondary N) is 1. The second kappa shape index (κ2) is 14.2. The normalized spacial score (nSPS) is 29.9. The lowest BCUT2D eigenvalue weighted by Gasteiger charge is -2.47. The van der Waals surface area contributed by atoms with Crippen molar-refractivity contribution < 1.29 is 46.3 Å². The highest BCUT2D eigenvalue weighted by atomic mass is 32.1. The first-order valence-electron chi connectivity index (χ1n) is 19.0. The summed E-state index contributed by atoms with van der Waals surface area (Å²) in [4.78, 5) is 67.7. The number of halogens is 4. The van der Waals surface area contributed by atoms with E-state index in [1.807, 2.05) is 35.0 Å². The molecule has 1 unspecified atom stereocenters. The number of amides is 3. The first-order chi connectivity index (χ1) is 26.0. The monoisotopic (exact) mass is 804 g/mol. The summed E-state index contributed by atoms with van der Waals surface area (Å²) < 4.78 is 66.9.